The largest absolute Gasteiger partial charge is 0.468 e. The lowest BCUT2D eigenvalue weighted by atomic mass is 9.83. The Kier molecular flexibility index (Phi) is 6.82. The summed E-state index contributed by atoms with van der Waals surface area (Å²) in [5, 5.41) is 0. The Labute approximate surface area is 112 Å². The molecule has 0 aromatic heterocycles. The lowest BCUT2D eigenvalue weighted by molar-refractivity contribution is -0.179. The second-order valence-corrected chi connectivity index (χ2v) is 3.98. The van der Waals surface area contributed by atoms with Crippen molar-refractivity contribution in [2.45, 2.75) is 33.3 Å². The minimum atomic E-state index is -1.74. The van der Waals surface area contributed by atoms with Crippen molar-refractivity contribution >= 4 is 17.9 Å². The zero-order valence-corrected chi connectivity index (χ0v) is 11.9. The summed E-state index contributed by atoms with van der Waals surface area (Å²) in [6, 6.07) is 0. The molecule has 0 saturated heterocycles. The first-order valence-electron chi connectivity index (χ1n) is 5.87. The van der Waals surface area contributed by atoms with Crippen molar-refractivity contribution in [2.75, 3.05) is 14.2 Å². The van der Waals surface area contributed by atoms with Gasteiger partial charge in [-0.3, -0.25) is 14.4 Å². The van der Waals surface area contributed by atoms with Crippen LogP contribution < -0.4 is 0 Å². The average molecular weight is 272 g/mol. The Hall–Kier alpha value is -1.85. The van der Waals surface area contributed by atoms with E-state index in [0.717, 1.165) is 14.2 Å². The zero-order chi connectivity index (χ0) is 15.1. The van der Waals surface area contributed by atoms with Crippen LogP contribution in [0.15, 0.2) is 12.2 Å². The predicted octanol–water partition coefficient (Wildman–Crippen LogP) is 1.24. The minimum absolute atomic E-state index is 0.131. The highest BCUT2D eigenvalue weighted by atomic mass is 16.6. The topological polar surface area (TPSA) is 78.9 Å². The number of methoxy groups -OCH3 is 2. The molecule has 6 heteroatoms. The molecule has 108 valence electrons. The van der Waals surface area contributed by atoms with E-state index in [4.69, 9.17) is 4.74 Å². The van der Waals surface area contributed by atoms with Crippen LogP contribution in [-0.2, 0) is 28.6 Å². The molecule has 19 heavy (non-hydrogen) atoms. The Morgan fingerprint density at radius 3 is 1.95 bits per heavy atom. The molecule has 0 saturated carbocycles. The molecule has 0 aromatic rings. The van der Waals surface area contributed by atoms with Crippen LogP contribution in [0, 0.1) is 5.41 Å². The Morgan fingerprint density at radius 2 is 1.63 bits per heavy atom. The summed E-state index contributed by atoms with van der Waals surface area (Å²) in [6.45, 7) is 4.61. The first kappa shape index (κ1) is 17.2. The molecular weight excluding hydrogens is 252 g/mol. The normalized spacial score (nSPS) is 12.9. The van der Waals surface area contributed by atoms with Crippen LogP contribution in [0.25, 0.3) is 0 Å². The van der Waals surface area contributed by atoms with Crippen molar-refractivity contribution in [3.05, 3.63) is 12.2 Å². The smallest absolute Gasteiger partial charge is 0.327 e. The van der Waals surface area contributed by atoms with Gasteiger partial charge in [0.2, 0.25) is 5.41 Å². The number of carbonyl (C=O) groups is 3. The van der Waals surface area contributed by atoms with Gasteiger partial charge in [-0.05, 0) is 19.9 Å². The molecule has 0 N–H and O–H groups in total. The molecule has 0 radical (unpaired) electrons. The predicted molar refractivity (Wildman–Crippen MR) is 67.1 cm³/mol. The van der Waals surface area contributed by atoms with Gasteiger partial charge in [-0.25, -0.2) is 0 Å². The lowest BCUT2D eigenvalue weighted by Crippen LogP contribution is -2.49. The average Bonchev–Trinajstić information content (AvgIpc) is 2.43. The number of hydrogen-bond donors (Lipinski definition) is 0. The van der Waals surface area contributed by atoms with E-state index in [9.17, 15) is 14.4 Å². The number of hydrogen-bond acceptors (Lipinski definition) is 6. The summed E-state index contributed by atoms with van der Waals surface area (Å²) < 4.78 is 14.4. The third-order valence-electron chi connectivity index (χ3n) is 2.70. The van der Waals surface area contributed by atoms with E-state index in [2.05, 4.69) is 9.47 Å². The third kappa shape index (κ3) is 3.81. The van der Waals surface area contributed by atoms with Crippen LogP contribution in [0.3, 0.4) is 0 Å². The quantitative estimate of drug-likeness (QED) is 0.313. The number of esters is 3. The molecule has 0 aliphatic heterocycles. The maximum Gasteiger partial charge on any atom is 0.327 e. The highest BCUT2D eigenvalue weighted by Crippen LogP contribution is 2.29. The summed E-state index contributed by atoms with van der Waals surface area (Å²) in [6.07, 6.45) is 2.08. The molecule has 0 aliphatic rings. The van der Waals surface area contributed by atoms with Crippen LogP contribution in [-0.4, -0.2) is 38.2 Å². The number of carbonyl (C=O) groups excluding carboxylic acids is 3. The van der Waals surface area contributed by atoms with E-state index < -0.39 is 29.4 Å². The van der Waals surface area contributed by atoms with Gasteiger partial charge >= 0.3 is 17.9 Å². The molecule has 0 aromatic carbocycles. The molecule has 0 amide bonds. The molecule has 0 heterocycles. The van der Waals surface area contributed by atoms with Crippen LogP contribution in [0.1, 0.15) is 27.2 Å². The van der Waals surface area contributed by atoms with Gasteiger partial charge in [-0.1, -0.05) is 13.0 Å². The lowest BCUT2D eigenvalue weighted by Gasteiger charge is -2.30. The van der Waals surface area contributed by atoms with E-state index in [1.54, 1.807) is 19.9 Å². The fraction of sp³-hybridized carbons (Fsp3) is 0.615. The molecule has 0 bridgehead atoms. The van der Waals surface area contributed by atoms with Gasteiger partial charge in [-0.2, -0.15) is 0 Å². The minimum Gasteiger partial charge on any atom is -0.468 e. The van der Waals surface area contributed by atoms with Gasteiger partial charge in [-0.15, -0.1) is 0 Å². The monoisotopic (exact) mass is 272 g/mol. The fourth-order valence-corrected chi connectivity index (χ4v) is 1.49. The Balaban J connectivity index is 5.55. The van der Waals surface area contributed by atoms with Crippen LogP contribution >= 0.6 is 0 Å². The fourth-order valence-electron chi connectivity index (χ4n) is 1.49. The van der Waals surface area contributed by atoms with Gasteiger partial charge in [0, 0.05) is 6.42 Å². The van der Waals surface area contributed by atoms with Crippen molar-refractivity contribution < 1.29 is 28.6 Å². The van der Waals surface area contributed by atoms with E-state index in [1.165, 1.54) is 13.0 Å². The zero-order valence-electron chi connectivity index (χ0n) is 11.9. The van der Waals surface area contributed by atoms with E-state index in [0.29, 0.717) is 0 Å². The summed E-state index contributed by atoms with van der Waals surface area (Å²) in [5.74, 6) is -2.18. The second-order valence-electron chi connectivity index (χ2n) is 3.98. The van der Waals surface area contributed by atoms with Crippen LogP contribution in [0.5, 0.6) is 0 Å². The van der Waals surface area contributed by atoms with E-state index in [1.807, 2.05) is 0 Å². The van der Waals surface area contributed by atoms with Crippen molar-refractivity contribution in [2.24, 2.45) is 5.41 Å². The van der Waals surface area contributed by atoms with Crippen molar-refractivity contribution in [3.8, 4) is 0 Å². The van der Waals surface area contributed by atoms with Gasteiger partial charge in [0.15, 0.2) is 0 Å². The van der Waals surface area contributed by atoms with E-state index in [-0.39, 0.29) is 6.42 Å². The Morgan fingerprint density at radius 1 is 1.16 bits per heavy atom. The SMILES string of the molecule is C/C=C/[C@H](OC(=O)CC)C(C)(C(=O)OC)C(=O)OC. The molecule has 0 unspecified atom stereocenters. The van der Waals surface area contributed by atoms with Gasteiger partial charge in [0.05, 0.1) is 14.2 Å². The van der Waals surface area contributed by atoms with Gasteiger partial charge in [0.25, 0.3) is 0 Å². The first-order chi connectivity index (χ1) is 8.88. The summed E-state index contributed by atoms with van der Waals surface area (Å²) in [4.78, 5) is 35.1. The first-order valence-corrected chi connectivity index (χ1v) is 5.87. The Bertz CT molecular complexity index is 355. The molecule has 6 nitrogen and oxygen atoms in total. The number of rotatable bonds is 6. The molecule has 0 aliphatic carbocycles. The second kappa shape index (κ2) is 7.56. The van der Waals surface area contributed by atoms with Crippen molar-refractivity contribution in [1.29, 1.82) is 0 Å². The van der Waals surface area contributed by atoms with Crippen molar-refractivity contribution in [3.63, 3.8) is 0 Å². The number of ether oxygens (including phenoxy) is 3. The molecule has 0 spiro atoms. The molecule has 0 rings (SSSR count). The van der Waals surface area contributed by atoms with E-state index >= 15 is 0 Å². The summed E-state index contributed by atoms with van der Waals surface area (Å²) in [5.41, 5.74) is -1.74. The number of allylic oxidation sites excluding steroid dienone is 1. The third-order valence-corrected chi connectivity index (χ3v) is 2.70. The highest BCUT2D eigenvalue weighted by molar-refractivity contribution is 6.01. The van der Waals surface area contributed by atoms with Gasteiger partial charge in [0.1, 0.15) is 6.10 Å². The molecule has 1 atom stereocenters. The van der Waals surface area contributed by atoms with Crippen LogP contribution in [0.4, 0.5) is 0 Å². The summed E-state index contributed by atoms with van der Waals surface area (Å²) >= 11 is 0. The standard InChI is InChI=1S/C13H20O6/c1-6-8-9(19-10(14)7-2)13(3,11(15)17-4)12(16)18-5/h6,8-9H,7H2,1-5H3/b8-6+/t9-/m0/s1. The maximum absolute atomic E-state index is 11.9. The highest BCUT2D eigenvalue weighted by Gasteiger charge is 2.51. The van der Waals surface area contributed by atoms with Crippen LogP contribution in [0.2, 0.25) is 0 Å². The summed E-state index contributed by atoms with van der Waals surface area (Å²) in [7, 11) is 2.30. The van der Waals surface area contributed by atoms with Gasteiger partial charge < -0.3 is 14.2 Å². The molecular formula is C13H20O6. The van der Waals surface area contributed by atoms with Crippen molar-refractivity contribution in [1.82, 2.24) is 0 Å². The maximum atomic E-state index is 11.9. The molecule has 0 fully saturated rings.